The number of amides is 1. The molecule has 7 heteroatoms. The van der Waals surface area contributed by atoms with Crippen LogP contribution in [0.25, 0.3) is 0 Å². The van der Waals surface area contributed by atoms with Crippen molar-refractivity contribution in [1.29, 1.82) is 0 Å². The molecule has 134 valence electrons. The van der Waals surface area contributed by atoms with Crippen LogP contribution >= 0.6 is 0 Å². The Labute approximate surface area is 141 Å². The molecule has 4 N–H and O–H groups in total. The molecule has 0 spiro atoms. The maximum atomic E-state index is 12.9. The van der Waals surface area contributed by atoms with Crippen LogP contribution in [-0.2, 0) is 4.74 Å². The summed E-state index contributed by atoms with van der Waals surface area (Å²) >= 11 is 0. The molecule has 1 aliphatic rings. The minimum absolute atomic E-state index is 0.0131. The van der Waals surface area contributed by atoms with Crippen LogP contribution in [0.2, 0.25) is 0 Å². The van der Waals surface area contributed by atoms with Crippen LogP contribution in [-0.4, -0.2) is 38.7 Å². The number of ether oxygens (including phenoxy) is 1. The molecule has 0 radical (unpaired) electrons. The number of aromatic nitrogens is 1. The van der Waals surface area contributed by atoms with E-state index >= 15 is 0 Å². The number of Topliss-reactive ketones (excluding diaryl/α,β-unsaturated/α-hetero) is 1. The van der Waals surface area contributed by atoms with E-state index in [4.69, 9.17) is 4.74 Å². The molecule has 1 aliphatic carbocycles. The number of hydrogen-bond donors (Lipinski definition) is 4. The van der Waals surface area contributed by atoms with E-state index in [9.17, 15) is 19.8 Å². The molecule has 1 fully saturated rings. The van der Waals surface area contributed by atoms with Crippen molar-refractivity contribution in [2.24, 2.45) is 5.92 Å². The first kappa shape index (κ1) is 18.2. The second kappa shape index (κ2) is 6.75. The molecule has 0 aliphatic heterocycles. The molecule has 1 atom stereocenters. The van der Waals surface area contributed by atoms with Gasteiger partial charge in [0.15, 0.2) is 11.7 Å². The molecule has 24 heavy (non-hydrogen) atoms. The van der Waals surface area contributed by atoms with Gasteiger partial charge in [0, 0.05) is 5.56 Å². The molecular weight excluding hydrogens is 312 g/mol. The molecule has 1 aromatic rings. The van der Waals surface area contributed by atoms with Crippen molar-refractivity contribution in [1.82, 2.24) is 10.3 Å². The van der Waals surface area contributed by atoms with Gasteiger partial charge in [0.1, 0.15) is 5.60 Å². The third-order valence-corrected chi connectivity index (χ3v) is 4.28. The lowest BCUT2D eigenvalue weighted by molar-refractivity contribution is 0.0470. The minimum Gasteiger partial charge on any atom is -0.494 e. The zero-order valence-electron chi connectivity index (χ0n) is 14.6. The third-order valence-electron chi connectivity index (χ3n) is 4.28. The third kappa shape index (κ3) is 4.01. The van der Waals surface area contributed by atoms with Crippen molar-refractivity contribution >= 4 is 11.9 Å². The number of H-pyrrole nitrogens is 1. The fourth-order valence-corrected chi connectivity index (χ4v) is 3.14. The zero-order valence-corrected chi connectivity index (χ0v) is 14.6. The van der Waals surface area contributed by atoms with Crippen molar-refractivity contribution < 1.29 is 24.5 Å². The van der Waals surface area contributed by atoms with Crippen LogP contribution in [0, 0.1) is 12.8 Å². The molecule has 0 aromatic carbocycles. The van der Waals surface area contributed by atoms with Crippen molar-refractivity contribution in [2.45, 2.75) is 65.0 Å². The van der Waals surface area contributed by atoms with Gasteiger partial charge in [-0.05, 0) is 46.5 Å². The van der Waals surface area contributed by atoms with Crippen LogP contribution in [0.1, 0.15) is 62.4 Å². The molecule has 1 heterocycles. The fourth-order valence-electron chi connectivity index (χ4n) is 3.14. The average Bonchev–Trinajstić information content (AvgIpc) is 3.03. The molecule has 1 saturated carbocycles. The molecular formula is C17H26N2O5. The van der Waals surface area contributed by atoms with E-state index < -0.39 is 23.5 Å². The Morgan fingerprint density at radius 1 is 1.21 bits per heavy atom. The lowest BCUT2D eigenvalue weighted by atomic mass is 9.90. The lowest BCUT2D eigenvalue weighted by Crippen LogP contribution is -2.47. The summed E-state index contributed by atoms with van der Waals surface area (Å²) in [6, 6.07) is -0.790. The number of alkyl carbamates (subject to hydrolysis) is 1. The predicted molar refractivity (Wildman–Crippen MR) is 88.3 cm³/mol. The van der Waals surface area contributed by atoms with Gasteiger partial charge in [0.25, 0.3) is 0 Å². The summed E-state index contributed by atoms with van der Waals surface area (Å²) in [7, 11) is 0. The van der Waals surface area contributed by atoms with Crippen LogP contribution < -0.4 is 5.32 Å². The van der Waals surface area contributed by atoms with Gasteiger partial charge in [-0.15, -0.1) is 0 Å². The van der Waals surface area contributed by atoms with Gasteiger partial charge >= 0.3 is 6.09 Å². The minimum atomic E-state index is -0.790. The van der Waals surface area contributed by atoms with Gasteiger partial charge in [-0.2, -0.15) is 0 Å². The average molecular weight is 338 g/mol. The van der Waals surface area contributed by atoms with Gasteiger partial charge in [-0.1, -0.05) is 12.8 Å². The Morgan fingerprint density at radius 3 is 2.25 bits per heavy atom. The van der Waals surface area contributed by atoms with Crippen LogP contribution in [0.4, 0.5) is 4.79 Å². The summed E-state index contributed by atoms with van der Waals surface area (Å²) in [5.41, 5.74) is -0.385. The smallest absolute Gasteiger partial charge is 0.408 e. The predicted octanol–water partition coefficient (Wildman–Crippen LogP) is 3.00. The van der Waals surface area contributed by atoms with Crippen LogP contribution in [0.5, 0.6) is 11.8 Å². The maximum absolute atomic E-state index is 12.9. The second-order valence-corrected chi connectivity index (χ2v) is 7.35. The normalized spacial score (nSPS) is 16.8. The Balaban J connectivity index is 2.25. The number of aromatic amines is 1. The first-order valence-corrected chi connectivity index (χ1v) is 8.24. The van der Waals surface area contributed by atoms with Crippen LogP contribution in [0.3, 0.4) is 0 Å². The Morgan fingerprint density at radius 2 is 1.79 bits per heavy atom. The Bertz CT molecular complexity index is 624. The van der Waals surface area contributed by atoms with Crippen molar-refractivity contribution in [3.05, 3.63) is 11.1 Å². The highest BCUT2D eigenvalue weighted by Gasteiger charge is 2.36. The van der Waals surface area contributed by atoms with E-state index in [1.807, 2.05) is 0 Å². The molecule has 2 rings (SSSR count). The fraction of sp³-hybridized carbons (Fsp3) is 0.647. The Hall–Kier alpha value is -2.18. The summed E-state index contributed by atoms with van der Waals surface area (Å²) in [5, 5.41) is 22.2. The van der Waals surface area contributed by atoms with E-state index in [0.717, 1.165) is 25.7 Å². The topological polar surface area (TPSA) is 112 Å². The molecule has 0 bridgehead atoms. The summed E-state index contributed by atoms with van der Waals surface area (Å²) < 4.78 is 5.26. The van der Waals surface area contributed by atoms with Gasteiger partial charge in [-0.3, -0.25) is 9.78 Å². The molecule has 1 unspecified atom stereocenters. The van der Waals surface area contributed by atoms with E-state index in [-0.39, 0.29) is 28.8 Å². The summed E-state index contributed by atoms with van der Waals surface area (Å²) in [5.74, 6) is -1.07. The largest absolute Gasteiger partial charge is 0.494 e. The van der Waals surface area contributed by atoms with Crippen molar-refractivity contribution in [3.8, 4) is 11.8 Å². The van der Waals surface area contributed by atoms with Crippen LogP contribution in [0.15, 0.2) is 0 Å². The number of hydrogen-bond acceptors (Lipinski definition) is 5. The second-order valence-electron chi connectivity index (χ2n) is 7.35. The highest BCUT2D eigenvalue weighted by atomic mass is 16.6. The lowest BCUT2D eigenvalue weighted by Gasteiger charge is -2.26. The Kier molecular flexibility index (Phi) is 5.11. The van der Waals surface area contributed by atoms with Gasteiger partial charge in [0.2, 0.25) is 5.88 Å². The van der Waals surface area contributed by atoms with E-state index in [2.05, 4.69) is 10.3 Å². The first-order valence-electron chi connectivity index (χ1n) is 8.24. The highest BCUT2D eigenvalue weighted by molar-refractivity contribution is 6.05. The van der Waals surface area contributed by atoms with Gasteiger partial charge in [-0.25, -0.2) is 4.79 Å². The summed E-state index contributed by atoms with van der Waals surface area (Å²) in [6.45, 7) is 6.79. The van der Waals surface area contributed by atoms with Gasteiger partial charge in [0.05, 0.1) is 11.6 Å². The number of rotatable bonds is 4. The van der Waals surface area contributed by atoms with Crippen molar-refractivity contribution in [3.63, 3.8) is 0 Å². The monoisotopic (exact) mass is 338 g/mol. The quantitative estimate of drug-likeness (QED) is 0.631. The number of carbonyl (C=O) groups excluding carboxylic acids is 2. The van der Waals surface area contributed by atoms with E-state index in [1.54, 1.807) is 20.8 Å². The summed E-state index contributed by atoms with van der Waals surface area (Å²) in [6.07, 6.45) is 2.97. The van der Waals surface area contributed by atoms with E-state index in [0.29, 0.717) is 0 Å². The zero-order chi connectivity index (χ0) is 18.1. The molecule has 1 aromatic heterocycles. The number of nitrogens with one attached hydrogen (secondary N) is 2. The van der Waals surface area contributed by atoms with Crippen molar-refractivity contribution in [2.75, 3.05) is 0 Å². The standard InChI is InChI=1S/C17H26N2O5/c1-9-11(15(22)19-14(9)21)13(20)12(10-7-5-6-8-10)18-16(23)24-17(2,3)4/h10,12,19,21-22H,5-8H2,1-4H3,(H,18,23). The molecule has 0 saturated heterocycles. The molecule has 1 amide bonds. The summed E-state index contributed by atoms with van der Waals surface area (Å²) in [4.78, 5) is 27.4. The first-order chi connectivity index (χ1) is 11.1. The maximum Gasteiger partial charge on any atom is 0.408 e. The molecule has 7 nitrogen and oxygen atoms in total. The van der Waals surface area contributed by atoms with E-state index in [1.165, 1.54) is 6.92 Å². The number of aromatic hydroxyl groups is 2. The highest BCUT2D eigenvalue weighted by Crippen LogP contribution is 2.34. The SMILES string of the molecule is Cc1c(O)[nH]c(O)c1C(=O)C(NC(=O)OC(C)(C)C)C1CCCC1. The van der Waals surface area contributed by atoms with Gasteiger partial charge < -0.3 is 20.3 Å². The number of ketones is 1. The number of carbonyl (C=O) groups is 2.